The summed E-state index contributed by atoms with van der Waals surface area (Å²) >= 11 is 0. The van der Waals surface area contributed by atoms with Gasteiger partial charge in [0.2, 0.25) is 5.91 Å². The van der Waals surface area contributed by atoms with Crippen molar-refractivity contribution in [3.05, 3.63) is 24.3 Å². The van der Waals surface area contributed by atoms with Crippen LogP contribution in [0.2, 0.25) is 0 Å². The molecule has 1 aliphatic heterocycles. The SMILES string of the molecule is CCN(C(=O)CCn1nnc2ccccc21)[C@H]1CCS(=O)(=O)C1. The lowest BCUT2D eigenvalue weighted by Crippen LogP contribution is -2.41. The molecule has 3 rings (SSSR count). The van der Waals surface area contributed by atoms with Gasteiger partial charge in [0.25, 0.3) is 0 Å². The largest absolute Gasteiger partial charge is 0.339 e. The first-order valence-corrected chi connectivity index (χ1v) is 9.60. The minimum Gasteiger partial charge on any atom is -0.339 e. The van der Waals surface area contributed by atoms with E-state index in [1.165, 1.54) is 0 Å². The molecular weight excluding hydrogens is 316 g/mol. The molecule has 0 radical (unpaired) electrons. The Bertz CT molecular complexity index is 815. The summed E-state index contributed by atoms with van der Waals surface area (Å²) in [6.07, 6.45) is 0.825. The molecule has 2 aromatic rings. The smallest absolute Gasteiger partial charge is 0.224 e. The van der Waals surface area contributed by atoms with Crippen LogP contribution < -0.4 is 0 Å². The van der Waals surface area contributed by atoms with Gasteiger partial charge in [0.15, 0.2) is 9.84 Å². The summed E-state index contributed by atoms with van der Waals surface area (Å²) in [6.45, 7) is 2.85. The molecule has 0 unspecified atom stereocenters. The van der Waals surface area contributed by atoms with Gasteiger partial charge in [-0.05, 0) is 25.5 Å². The maximum atomic E-state index is 12.5. The van der Waals surface area contributed by atoms with Crippen molar-refractivity contribution in [2.75, 3.05) is 18.1 Å². The number of para-hydroxylation sites is 1. The monoisotopic (exact) mass is 336 g/mol. The molecule has 124 valence electrons. The summed E-state index contributed by atoms with van der Waals surface area (Å²) in [5.41, 5.74) is 1.70. The highest BCUT2D eigenvalue weighted by atomic mass is 32.2. The number of nitrogens with zero attached hydrogens (tertiary/aromatic N) is 4. The van der Waals surface area contributed by atoms with Gasteiger partial charge in [0.1, 0.15) is 5.52 Å². The van der Waals surface area contributed by atoms with Crippen molar-refractivity contribution >= 4 is 26.8 Å². The van der Waals surface area contributed by atoms with Crippen LogP contribution in [0.25, 0.3) is 11.0 Å². The molecule has 1 aromatic carbocycles. The first-order chi connectivity index (χ1) is 11.0. The number of fused-ring (bicyclic) bond motifs is 1. The zero-order chi connectivity index (χ0) is 16.4. The topological polar surface area (TPSA) is 85.2 Å². The molecule has 1 fully saturated rings. The molecule has 2 heterocycles. The predicted molar refractivity (Wildman–Crippen MR) is 86.6 cm³/mol. The van der Waals surface area contributed by atoms with E-state index in [-0.39, 0.29) is 29.9 Å². The van der Waals surface area contributed by atoms with Gasteiger partial charge < -0.3 is 4.90 Å². The van der Waals surface area contributed by atoms with Crippen molar-refractivity contribution in [2.24, 2.45) is 0 Å². The highest BCUT2D eigenvalue weighted by Gasteiger charge is 2.33. The fraction of sp³-hybridized carbons (Fsp3) is 0.533. The maximum absolute atomic E-state index is 12.5. The lowest BCUT2D eigenvalue weighted by atomic mass is 10.2. The van der Waals surface area contributed by atoms with E-state index in [9.17, 15) is 13.2 Å². The van der Waals surface area contributed by atoms with Crippen LogP contribution in [0.3, 0.4) is 0 Å². The molecule has 0 aliphatic carbocycles. The number of sulfone groups is 1. The summed E-state index contributed by atoms with van der Waals surface area (Å²) in [7, 11) is -2.99. The number of amides is 1. The van der Waals surface area contributed by atoms with E-state index in [0.717, 1.165) is 11.0 Å². The van der Waals surface area contributed by atoms with Crippen LogP contribution in [0.15, 0.2) is 24.3 Å². The summed E-state index contributed by atoms with van der Waals surface area (Å²) < 4.78 is 24.9. The number of aromatic nitrogens is 3. The van der Waals surface area contributed by atoms with Crippen LogP contribution in [0.5, 0.6) is 0 Å². The summed E-state index contributed by atoms with van der Waals surface area (Å²) in [4.78, 5) is 14.2. The molecule has 0 bridgehead atoms. The number of carbonyl (C=O) groups excluding carboxylic acids is 1. The van der Waals surface area contributed by atoms with E-state index < -0.39 is 9.84 Å². The van der Waals surface area contributed by atoms with E-state index >= 15 is 0 Å². The van der Waals surface area contributed by atoms with Crippen LogP contribution in [0.4, 0.5) is 0 Å². The molecule has 1 aliphatic rings. The van der Waals surface area contributed by atoms with E-state index in [1.807, 2.05) is 31.2 Å². The van der Waals surface area contributed by atoms with Crippen molar-refractivity contribution in [2.45, 2.75) is 32.4 Å². The van der Waals surface area contributed by atoms with Gasteiger partial charge >= 0.3 is 0 Å². The third kappa shape index (κ3) is 3.36. The van der Waals surface area contributed by atoms with Crippen LogP contribution >= 0.6 is 0 Å². The average Bonchev–Trinajstić information content (AvgIpc) is 3.09. The Kier molecular flexibility index (Phi) is 4.34. The molecule has 1 amide bonds. The molecule has 0 saturated carbocycles. The second-order valence-corrected chi connectivity index (χ2v) is 8.02. The number of aryl methyl sites for hydroxylation is 1. The van der Waals surface area contributed by atoms with Crippen molar-refractivity contribution in [3.63, 3.8) is 0 Å². The number of hydrogen-bond donors (Lipinski definition) is 0. The summed E-state index contributed by atoms with van der Waals surface area (Å²) in [6, 6.07) is 7.41. The lowest BCUT2D eigenvalue weighted by Gasteiger charge is -2.26. The van der Waals surface area contributed by atoms with Gasteiger partial charge in [0, 0.05) is 19.0 Å². The lowest BCUT2D eigenvalue weighted by molar-refractivity contribution is -0.133. The van der Waals surface area contributed by atoms with Crippen LogP contribution in [-0.4, -0.2) is 58.3 Å². The third-order valence-electron chi connectivity index (χ3n) is 4.27. The van der Waals surface area contributed by atoms with E-state index in [0.29, 0.717) is 19.5 Å². The molecule has 7 nitrogen and oxygen atoms in total. The second-order valence-electron chi connectivity index (χ2n) is 5.79. The summed E-state index contributed by atoms with van der Waals surface area (Å²) in [5, 5.41) is 8.14. The molecule has 1 atom stereocenters. The van der Waals surface area contributed by atoms with Crippen LogP contribution in [-0.2, 0) is 21.2 Å². The van der Waals surface area contributed by atoms with Crippen molar-refractivity contribution in [1.82, 2.24) is 19.9 Å². The minimum absolute atomic E-state index is 0.0332. The van der Waals surface area contributed by atoms with E-state index in [1.54, 1.807) is 9.58 Å². The quantitative estimate of drug-likeness (QED) is 0.808. The molecule has 8 heteroatoms. The van der Waals surface area contributed by atoms with Crippen LogP contribution in [0, 0.1) is 0 Å². The Morgan fingerprint density at radius 2 is 2.17 bits per heavy atom. The van der Waals surface area contributed by atoms with Gasteiger partial charge in [-0.1, -0.05) is 17.3 Å². The van der Waals surface area contributed by atoms with Gasteiger partial charge in [-0.3, -0.25) is 4.79 Å². The standard InChI is InChI=1S/C15H20N4O3S/c1-2-18(12-8-10-23(21,22)11-12)15(20)7-9-19-14-6-4-3-5-13(14)16-17-19/h3-6,12H,2,7-11H2,1H3/t12-/m0/s1. The number of benzene rings is 1. The fourth-order valence-corrected chi connectivity index (χ4v) is 4.82. The number of carbonyl (C=O) groups is 1. The van der Waals surface area contributed by atoms with Gasteiger partial charge in [-0.2, -0.15) is 0 Å². The summed E-state index contributed by atoms with van der Waals surface area (Å²) in [5.74, 6) is 0.225. The first kappa shape index (κ1) is 15.9. The Hall–Kier alpha value is -1.96. The number of hydrogen-bond acceptors (Lipinski definition) is 5. The molecule has 0 spiro atoms. The molecule has 23 heavy (non-hydrogen) atoms. The average molecular weight is 336 g/mol. The van der Waals surface area contributed by atoms with Gasteiger partial charge in [0.05, 0.1) is 23.6 Å². The Labute approximate surface area is 135 Å². The Morgan fingerprint density at radius 1 is 1.39 bits per heavy atom. The number of rotatable bonds is 5. The molecule has 1 aromatic heterocycles. The zero-order valence-corrected chi connectivity index (χ0v) is 13.9. The third-order valence-corrected chi connectivity index (χ3v) is 6.02. The highest BCUT2D eigenvalue weighted by Crippen LogP contribution is 2.19. The molecular formula is C15H20N4O3S. The molecule has 0 N–H and O–H groups in total. The zero-order valence-electron chi connectivity index (χ0n) is 13.1. The maximum Gasteiger partial charge on any atom is 0.224 e. The Morgan fingerprint density at radius 3 is 2.87 bits per heavy atom. The highest BCUT2D eigenvalue weighted by molar-refractivity contribution is 7.91. The predicted octanol–water partition coefficient (Wildman–Crippen LogP) is 0.857. The Balaban J connectivity index is 1.66. The van der Waals surface area contributed by atoms with Crippen molar-refractivity contribution < 1.29 is 13.2 Å². The second kappa shape index (κ2) is 6.27. The van der Waals surface area contributed by atoms with E-state index in [4.69, 9.17) is 0 Å². The normalized spacial score (nSPS) is 20.0. The van der Waals surface area contributed by atoms with Crippen molar-refractivity contribution in [1.29, 1.82) is 0 Å². The van der Waals surface area contributed by atoms with Crippen LogP contribution in [0.1, 0.15) is 19.8 Å². The fourth-order valence-electron chi connectivity index (χ4n) is 3.09. The molecule has 1 saturated heterocycles. The van der Waals surface area contributed by atoms with Gasteiger partial charge in [-0.25, -0.2) is 13.1 Å². The van der Waals surface area contributed by atoms with Gasteiger partial charge in [-0.15, -0.1) is 5.10 Å². The van der Waals surface area contributed by atoms with E-state index in [2.05, 4.69) is 10.3 Å². The first-order valence-electron chi connectivity index (χ1n) is 7.78. The van der Waals surface area contributed by atoms with Crippen molar-refractivity contribution in [3.8, 4) is 0 Å². The minimum atomic E-state index is -2.99.